The van der Waals surface area contributed by atoms with E-state index in [0.717, 1.165) is 37.7 Å². The molecule has 1 atom stereocenters. The molecule has 1 aliphatic heterocycles. The van der Waals surface area contributed by atoms with Gasteiger partial charge < -0.3 is 15.8 Å². The van der Waals surface area contributed by atoms with Crippen LogP contribution >= 0.6 is 0 Å². The molecule has 3 N–H and O–H groups in total. The van der Waals surface area contributed by atoms with Crippen molar-refractivity contribution in [2.45, 2.75) is 12.3 Å². The van der Waals surface area contributed by atoms with Crippen LogP contribution in [0, 0.1) is 0 Å². The van der Waals surface area contributed by atoms with Crippen molar-refractivity contribution in [2.24, 2.45) is 5.73 Å². The van der Waals surface area contributed by atoms with Crippen molar-refractivity contribution in [2.75, 3.05) is 31.6 Å². The Morgan fingerprint density at radius 2 is 2.47 bits per heavy atom. The maximum absolute atomic E-state index is 5.41. The molecule has 0 spiro atoms. The summed E-state index contributed by atoms with van der Waals surface area (Å²) in [6.45, 7) is 2.94. The minimum atomic E-state index is 0.423. The van der Waals surface area contributed by atoms with Crippen molar-refractivity contribution in [3.05, 3.63) is 18.1 Å². The smallest absolute Gasteiger partial charge is 0.129 e. The van der Waals surface area contributed by atoms with Gasteiger partial charge in [-0.15, -0.1) is 0 Å². The van der Waals surface area contributed by atoms with E-state index < -0.39 is 0 Å². The molecule has 15 heavy (non-hydrogen) atoms. The molecule has 2 rings (SSSR count). The minimum absolute atomic E-state index is 0.423. The molecule has 0 aliphatic carbocycles. The Labute approximate surface area is 89.1 Å². The van der Waals surface area contributed by atoms with E-state index in [0.29, 0.717) is 12.5 Å². The van der Waals surface area contributed by atoms with Gasteiger partial charge in [0.1, 0.15) is 12.1 Å². The topological polar surface area (TPSA) is 73.1 Å². The highest BCUT2D eigenvalue weighted by Gasteiger charge is 2.19. The lowest BCUT2D eigenvalue weighted by molar-refractivity contribution is 0.193. The van der Waals surface area contributed by atoms with E-state index in [1.165, 1.54) is 0 Å². The van der Waals surface area contributed by atoms with Gasteiger partial charge in [-0.25, -0.2) is 9.97 Å². The molecule has 5 nitrogen and oxygen atoms in total. The number of nitrogens with zero attached hydrogens (tertiary/aromatic N) is 2. The van der Waals surface area contributed by atoms with Crippen molar-refractivity contribution in [1.29, 1.82) is 0 Å². The Morgan fingerprint density at radius 3 is 3.20 bits per heavy atom. The maximum atomic E-state index is 5.41. The molecule has 1 aromatic rings. The van der Waals surface area contributed by atoms with E-state index >= 15 is 0 Å². The van der Waals surface area contributed by atoms with Crippen LogP contribution in [0.3, 0.4) is 0 Å². The number of aromatic nitrogens is 2. The number of nitrogens with two attached hydrogens (primary N) is 1. The lowest BCUT2D eigenvalue weighted by Gasteiger charge is -2.08. The summed E-state index contributed by atoms with van der Waals surface area (Å²) in [7, 11) is 0. The second-order valence-corrected chi connectivity index (χ2v) is 3.60. The van der Waals surface area contributed by atoms with E-state index in [9.17, 15) is 0 Å². The lowest BCUT2D eigenvalue weighted by atomic mass is 10.1. The first-order valence-electron chi connectivity index (χ1n) is 5.24. The van der Waals surface area contributed by atoms with Crippen molar-refractivity contribution < 1.29 is 4.74 Å². The zero-order valence-electron chi connectivity index (χ0n) is 8.65. The third kappa shape index (κ3) is 2.64. The van der Waals surface area contributed by atoms with Crippen molar-refractivity contribution >= 4 is 5.82 Å². The molecule has 1 fully saturated rings. The summed E-state index contributed by atoms with van der Waals surface area (Å²) in [6, 6.07) is 1.98. The van der Waals surface area contributed by atoms with E-state index in [4.69, 9.17) is 10.5 Å². The molecular formula is C10H16N4O. The molecule has 0 aromatic carbocycles. The zero-order valence-corrected chi connectivity index (χ0v) is 8.65. The number of nitrogens with one attached hydrogen (secondary N) is 1. The van der Waals surface area contributed by atoms with Gasteiger partial charge in [-0.3, -0.25) is 0 Å². The molecule has 0 radical (unpaired) electrons. The van der Waals surface area contributed by atoms with E-state index in [2.05, 4.69) is 15.3 Å². The van der Waals surface area contributed by atoms with Gasteiger partial charge in [0.2, 0.25) is 0 Å². The molecule has 1 aromatic heterocycles. The summed E-state index contributed by atoms with van der Waals surface area (Å²) in [5, 5.41) is 3.14. The van der Waals surface area contributed by atoms with Crippen molar-refractivity contribution in [3.8, 4) is 0 Å². The Kier molecular flexibility index (Phi) is 3.47. The fraction of sp³-hybridized carbons (Fsp3) is 0.600. The summed E-state index contributed by atoms with van der Waals surface area (Å²) in [4.78, 5) is 8.40. The zero-order chi connectivity index (χ0) is 10.5. The quantitative estimate of drug-likeness (QED) is 0.747. The van der Waals surface area contributed by atoms with Gasteiger partial charge in [-0.1, -0.05) is 0 Å². The molecule has 1 aliphatic rings. The standard InChI is InChI=1S/C10H16N4O/c11-2-3-12-10-5-9(13-7-14-10)8-1-4-15-6-8/h5,7-8H,1-4,6,11H2,(H,12,13,14). The average molecular weight is 208 g/mol. The van der Waals surface area contributed by atoms with Gasteiger partial charge in [0.25, 0.3) is 0 Å². The highest BCUT2D eigenvalue weighted by Crippen LogP contribution is 2.24. The van der Waals surface area contributed by atoms with Gasteiger partial charge in [0, 0.05) is 31.7 Å². The third-order valence-corrected chi connectivity index (χ3v) is 2.49. The van der Waals surface area contributed by atoms with Crippen LogP contribution in [0.4, 0.5) is 5.82 Å². The molecule has 1 saturated heterocycles. The van der Waals surface area contributed by atoms with Crippen molar-refractivity contribution in [1.82, 2.24) is 9.97 Å². The Bertz CT molecular complexity index is 312. The molecular weight excluding hydrogens is 192 g/mol. The van der Waals surface area contributed by atoms with Gasteiger partial charge in [-0.05, 0) is 6.42 Å². The first-order valence-corrected chi connectivity index (χ1v) is 5.24. The molecule has 2 heterocycles. The van der Waals surface area contributed by atoms with Gasteiger partial charge in [0.05, 0.1) is 12.3 Å². The predicted octanol–water partition coefficient (Wildman–Crippen LogP) is 0.351. The number of ether oxygens (including phenoxy) is 1. The Hall–Kier alpha value is -1.20. The first kappa shape index (κ1) is 10.3. The maximum Gasteiger partial charge on any atom is 0.129 e. The van der Waals surface area contributed by atoms with Gasteiger partial charge in [-0.2, -0.15) is 0 Å². The van der Waals surface area contributed by atoms with E-state index in [1.54, 1.807) is 6.33 Å². The molecule has 82 valence electrons. The van der Waals surface area contributed by atoms with Gasteiger partial charge >= 0.3 is 0 Å². The highest BCUT2D eigenvalue weighted by atomic mass is 16.5. The molecule has 0 bridgehead atoms. The van der Waals surface area contributed by atoms with E-state index in [1.807, 2.05) is 6.07 Å². The summed E-state index contributed by atoms with van der Waals surface area (Å²) in [5.41, 5.74) is 6.47. The summed E-state index contributed by atoms with van der Waals surface area (Å²) in [5.74, 6) is 1.27. The fourth-order valence-corrected chi connectivity index (χ4v) is 1.66. The SMILES string of the molecule is NCCNc1cc(C2CCOC2)ncn1. The molecule has 0 saturated carbocycles. The van der Waals surface area contributed by atoms with Crippen LogP contribution in [0.25, 0.3) is 0 Å². The molecule has 0 amide bonds. The van der Waals surface area contributed by atoms with Crippen molar-refractivity contribution in [3.63, 3.8) is 0 Å². The predicted molar refractivity (Wildman–Crippen MR) is 57.8 cm³/mol. The first-order chi connectivity index (χ1) is 7.40. The van der Waals surface area contributed by atoms with E-state index in [-0.39, 0.29) is 0 Å². The second-order valence-electron chi connectivity index (χ2n) is 3.60. The molecule has 5 heteroatoms. The van der Waals surface area contributed by atoms with Crippen LogP contribution in [0.2, 0.25) is 0 Å². The lowest BCUT2D eigenvalue weighted by Crippen LogP contribution is -2.14. The number of hydrogen-bond donors (Lipinski definition) is 2. The van der Waals surface area contributed by atoms with Crippen LogP contribution in [0.5, 0.6) is 0 Å². The second kappa shape index (κ2) is 5.04. The van der Waals surface area contributed by atoms with Crippen LogP contribution in [-0.4, -0.2) is 36.3 Å². The highest BCUT2D eigenvalue weighted by molar-refractivity contribution is 5.35. The fourth-order valence-electron chi connectivity index (χ4n) is 1.66. The normalized spacial score (nSPS) is 20.5. The summed E-state index contributed by atoms with van der Waals surface area (Å²) >= 11 is 0. The Morgan fingerprint density at radius 1 is 1.53 bits per heavy atom. The summed E-state index contributed by atoms with van der Waals surface area (Å²) < 4.78 is 5.33. The number of hydrogen-bond acceptors (Lipinski definition) is 5. The third-order valence-electron chi connectivity index (χ3n) is 2.49. The average Bonchev–Trinajstić information content (AvgIpc) is 2.80. The minimum Gasteiger partial charge on any atom is -0.381 e. The van der Waals surface area contributed by atoms with Crippen LogP contribution < -0.4 is 11.1 Å². The van der Waals surface area contributed by atoms with Crippen LogP contribution in [-0.2, 0) is 4.74 Å². The number of anilines is 1. The van der Waals surface area contributed by atoms with Crippen LogP contribution in [0.1, 0.15) is 18.0 Å². The number of rotatable bonds is 4. The van der Waals surface area contributed by atoms with Crippen LogP contribution in [0.15, 0.2) is 12.4 Å². The van der Waals surface area contributed by atoms with Gasteiger partial charge in [0.15, 0.2) is 0 Å². The monoisotopic (exact) mass is 208 g/mol. The Balaban J connectivity index is 2.04. The summed E-state index contributed by atoms with van der Waals surface area (Å²) in [6.07, 6.45) is 2.64. The largest absolute Gasteiger partial charge is 0.381 e. The molecule has 1 unspecified atom stereocenters.